The van der Waals surface area contributed by atoms with Crippen molar-refractivity contribution in [2.45, 2.75) is 19.9 Å². The molecule has 0 aromatic heterocycles. The number of carbonyl (C=O) groups is 3. The number of allylic oxidation sites excluding steroid dienone is 1. The molecule has 0 bridgehead atoms. The molecule has 0 radical (unpaired) electrons. The van der Waals surface area contributed by atoms with Crippen molar-refractivity contribution in [1.29, 1.82) is 0 Å². The Bertz CT molecular complexity index is 1310. The SMILES string of the molecule is C=CCOc1ccc(Cl)cc1/C=N/NC(=O)COc1ccc([C@@H]2NC(=O)NC(C)=C2C(=O)OCC)cc1OC. The molecule has 206 valence electrons. The monoisotopic (exact) mass is 556 g/mol. The first-order valence-electron chi connectivity index (χ1n) is 11.9. The van der Waals surface area contributed by atoms with Crippen LogP contribution in [0.3, 0.4) is 0 Å². The number of hydrogen-bond acceptors (Lipinski definition) is 8. The van der Waals surface area contributed by atoms with Gasteiger partial charge >= 0.3 is 12.0 Å². The van der Waals surface area contributed by atoms with Crippen LogP contribution in [0.15, 0.2) is 65.4 Å². The Hall–Kier alpha value is -4.51. The van der Waals surface area contributed by atoms with E-state index in [1.54, 1.807) is 56.3 Å². The Balaban J connectivity index is 1.68. The first-order valence-corrected chi connectivity index (χ1v) is 12.3. The molecule has 0 aliphatic carbocycles. The van der Waals surface area contributed by atoms with Gasteiger partial charge in [-0.1, -0.05) is 30.3 Å². The molecule has 1 atom stereocenters. The molecule has 0 fully saturated rings. The summed E-state index contributed by atoms with van der Waals surface area (Å²) in [6, 6.07) is 8.62. The molecule has 2 aromatic carbocycles. The summed E-state index contributed by atoms with van der Waals surface area (Å²) in [4.78, 5) is 37.0. The second-order valence-corrected chi connectivity index (χ2v) is 8.50. The van der Waals surface area contributed by atoms with Crippen LogP contribution < -0.4 is 30.3 Å². The Morgan fingerprint density at radius 1 is 1.15 bits per heavy atom. The number of amides is 3. The molecule has 2 aromatic rings. The fourth-order valence-corrected chi connectivity index (χ4v) is 3.84. The maximum absolute atomic E-state index is 12.6. The Morgan fingerprint density at radius 3 is 2.64 bits per heavy atom. The van der Waals surface area contributed by atoms with Crippen LogP contribution in [0.4, 0.5) is 4.79 Å². The Labute approximate surface area is 230 Å². The van der Waals surface area contributed by atoms with E-state index in [0.29, 0.717) is 40.0 Å². The minimum atomic E-state index is -0.773. The van der Waals surface area contributed by atoms with Gasteiger partial charge in [0.25, 0.3) is 5.91 Å². The minimum absolute atomic E-state index is 0.182. The standard InChI is InChI=1S/C27H29ClN4O7/c1-5-11-38-20-10-8-19(28)12-18(20)14-29-32-23(33)15-39-21-9-7-17(13-22(21)36-4)25-24(26(34)37-6-2)16(3)30-27(35)31-25/h5,7-10,12-14,25H,1,6,11,15H2,2-4H3,(H,32,33)(H2,30,31,35)/b29-14+/t25-/m0/s1. The van der Waals surface area contributed by atoms with Crippen molar-refractivity contribution in [2.75, 3.05) is 26.9 Å². The lowest BCUT2D eigenvalue weighted by molar-refractivity contribution is -0.139. The quantitative estimate of drug-likeness (QED) is 0.157. The van der Waals surface area contributed by atoms with Crippen molar-refractivity contribution in [1.82, 2.24) is 16.1 Å². The second kappa shape index (κ2) is 13.9. The zero-order valence-corrected chi connectivity index (χ0v) is 22.5. The molecule has 0 saturated heterocycles. The first-order chi connectivity index (χ1) is 18.8. The third kappa shape index (κ3) is 7.74. The van der Waals surface area contributed by atoms with Crippen LogP contribution in [0.5, 0.6) is 17.2 Å². The topological polar surface area (TPSA) is 137 Å². The number of hydrogen-bond donors (Lipinski definition) is 3. The van der Waals surface area contributed by atoms with Crippen molar-refractivity contribution in [3.63, 3.8) is 0 Å². The Morgan fingerprint density at radius 2 is 1.92 bits per heavy atom. The van der Waals surface area contributed by atoms with E-state index in [2.05, 4.69) is 27.7 Å². The van der Waals surface area contributed by atoms with Gasteiger partial charge in [-0.3, -0.25) is 4.79 Å². The van der Waals surface area contributed by atoms with Gasteiger partial charge in [0, 0.05) is 16.3 Å². The Kier molecular flexibility index (Phi) is 10.3. The molecule has 0 spiro atoms. The van der Waals surface area contributed by atoms with Gasteiger partial charge in [-0.15, -0.1) is 0 Å². The van der Waals surface area contributed by atoms with Crippen molar-refractivity contribution < 1.29 is 33.3 Å². The number of benzene rings is 2. The molecular weight excluding hydrogens is 528 g/mol. The van der Waals surface area contributed by atoms with Crippen molar-refractivity contribution in [3.8, 4) is 17.2 Å². The van der Waals surface area contributed by atoms with E-state index in [4.69, 9.17) is 30.5 Å². The number of carbonyl (C=O) groups excluding carboxylic acids is 3. The second-order valence-electron chi connectivity index (χ2n) is 8.06. The molecule has 3 N–H and O–H groups in total. The highest BCUT2D eigenvalue weighted by molar-refractivity contribution is 6.30. The van der Waals surface area contributed by atoms with Gasteiger partial charge < -0.3 is 29.6 Å². The number of nitrogens with one attached hydrogen (secondary N) is 3. The molecule has 3 rings (SSSR count). The summed E-state index contributed by atoms with van der Waals surface area (Å²) in [5, 5.41) is 9.73. The number of urea groups is 1. The van der Waals surface area contributed by atoms with E-state index in [1.807, 2.05) is 0 Å². The van der Waals surface area contributed by atoms with E-state index in [0.717, 1.165) is 0 Å². The molecule has 3 amide bonds. The number of nitrogens with zero attached hydrogens (tertiary/aromatic N) is 1. The molecule has 1 aliphatic rings. The third-order valence-corrected chi connectivity index (χ3v) is 5.60. The molecule has 0 saturated carbocycles. The first kappa shape index (κ1) is 29.1. The van der Waals surface area contributed by atoms with Gasteiger partial charge in [-0.25, -0.2) is 15.0 Å². The number of hydrazone groups is 1. The minimum Gasteiger partial charge on any atom is -0.493 e. The van der Waals surface area contributed by atoms with Gasteiger partial charge in [-0.2, -0.15) is 5.10 Å². The summed E-state index contributed by atoms with van der Waals surface area (Å²) in [6.45, 7) is 7.05. The molecule has 1 aliphatic heterocycles. The molecular formula is C27H29ClN4O7. The van der Waals surface area contributed by atoms with E-state index in [-0.39, 0.29) is 24.5 Å². The van der Waals surface area contributed by atoms with Gasteiger partial charge in [0.05, 0.1) is 31.5 Å². The van der Waals surface area contributed by atoms with Gasteiger partial charge in [0.2, 0.25) is 0 Å². The highest BCUT2D eigenvalue weighted by Gasteiger charge is 2.32. The van der Waals surface area contributed by atoms with Crippen molar-refractivity contribution in [2.24, 2.45) is 5.10 Å². The lowest BCUT2D eigenvalue weighted by atomic mass is 9.95. The largest absolute Gasteiger partial charge is 0.493 e. The van der Waals surface area contributed by atoms with Crippen LogP contribution in [0.1, 0.15) is 31.0 Å². The third-order valence-electron chi connectivity index (χ3n) is 5.37. The number of esters is 1. The summed E-state index contributed by atoms with van der Waals surface area (Å²) in [7, 11) is 1.43. The lowest BCUT2D eigenvalue weighted by Gasteiger charge is -2.28. The molecule has 1 heterocycles. The summed E-state index contributed by atoms with van der Waals surface area (Å²) >= 11 is 6.05. The van der Waals surface area contributed by atoms with Gasteiger partial charge in [0.1, 0.15) is 12.4 Å². The maximum Gasteiger partial charge on any atom is 0.338 e. The van der Waals surface area contributed by atoms with Crippen LogP contribution in [-0.2, 0) is 14.3 Å². The maximum atomic E-state index is 12.6. The zero-order chi connectivity index (χ0) is 28.4. The fraction of sp³-hybridized carbons (Fsp3) is 0.259. The average Bonchev–Trinajstić information content (AvgIpc) is 2.91. The highest BCUT2D eigenvalue weighted by Crippen LogP contribution is 2.34. The molecule has 12 heteroatoms. The summed E-state index contributed by atoms with van der Waals surface area (Å²) < 4.78 is 21.7. The zero-order valence-electron chi connectivity index (χ0n) is 21.7. The van der Waals surface area contributed by atoms with Crippen molar-refractivity contribution in [3.05, 3.63) is 76.5 Å². The summed E-state index contributed by atoms with van der Waals surface area (Å²) in [6.07, 6.45) is 3.01. The number of methoxy groups -OCH3 is 1. The van der Waals surface area contributed by atoms with Gasteiger partial charge in [-0.05, 0) is 49.7 Å². The van der Waals surface area contributed by atoms with Gasteiger partial charge in [0.15, 0.2) is 18.1 Å². The molecule has 39 heavy (non-hydrogen) atoms. The van der Waals surface area contributed by atoms with E-state index in [9.17, 15) is 14.4 Å². The van der Waals surface area contributed by atoms with Crippen molar-refractivity contribution >= 4 is 35.7 Å². The van der Waals surface area contributed by atoms with E-state index in [1.165, 1.54) is 13.3 Å². The van der Waals surface area contributed by atoms with E-state index >= 15 is 0 Å². The molecule has 11 nitrogen and oxygen atoms in total. The smallest absolute Gasteiger partial charge is 0.338 e. The van der Waals surface area contributed by atoms with Crippen LogP contribution in [0.25, 0.3) is 0 Å². The van der Waals surface area contributed by atoms with Crippen LogP contribution in [-0.4, -0.2) is 51.1 Å². The van der Waals surface area contributed by atoms with E-state index < -0.39 is 23.9 Å². The van der Waals surface area contributed by atoms with Crippen LogP contribution in [0, 0.1) is 0 Å². The van der Waals surface area contributed by atoms with Crippen LogP contribution >= 0.6 is 11.6 Å². The predicted octanol–water partition coefficient (Wildman–Crippen LogP) is 3.63. The predicted molar refractivity (Wildman–Crippen MR) is 145 cm³/mol. The average molecular weight is 557 g/mol. The number of ether oxygens (including phenoxy) is 4. The normalized spacial score (nSPS) is 14.8. The summed E-state index contributed by atoms with van der Waals surface area (Å²) in [5.74, 6) is 0.0109. The molecule has 0 unspecified atom stereocenters. The highest BCUT2D eigenvalue weighted by atomic mass is 35.5. The lowest BCUT2D eigenvalue weighted by Crippen LogP contribution is -2.45. The number of halogens is 1. The summed E-state index contributed by atoms with van der Waals surface area (Å²) in [5.41, 5.74) is 4.16. The van der Waals surface area contributed by atoms with Crippen LogP contribution in [0.2, 0.25) is 5.02 Å². The number of rotatable bonds is 12. The fourth-order valence-electron chi connectivity index (χ4n) is 3.66.